The number of amides is 2. The normalized spacial score (nSPS) is 13.2. The number of carbonyl (C=O) groups excluding carboxylic acids is 2. The maximum absolute atomic E-state index is 12.9. The first kappa shape index (κ1) is 23.7. The first-order chi connectivity index (χ1) is 14.0. The van der Waals surface area contributed by atoms with Crippen molar-refractivity contribution in [2.24, 2.45) is 0 Å². The standard InChI is InChI=1S/C21H26ClN3O4S/c1-5-14(2)23-21(27)18-8-6-7-9-19(18)24-20(26)15(3)25(30(4,28)29)17-12-10-16(22)11-13-17/h6-15H,5H2,1-4H3,(H,23,27)(H,24,26). The van der Waals surface area contributed by atoms with E-state index in [1.165, 1.54) is 19.1 Å². The zero-order valence-corrected chi connectivity index (χ0v) is 18.9. The number of hydrogen-bond acceptors (Lipinski definition) is 4. The van der Waals surface area contributed by atoms with Crippen molar-refractivity contribution in [3.63, 3.8) is 0 Å². The van der Waals surface area contributed by atoms with E-state index in [1.807, 2.05) is 13.8 Å². The van der Waals surface area contributed by atoms with Crippen LogP contribution in [0.25, 0.3) is 0 Å². The third-order valence-corrected chi connectivity index (χ3v) is 6.08. The summed E-state index contributed by atoms with van der Waals surface area (Å²) in [5.74, 6) is -0.885. The molecule has 30 heavy (non-hydrogen) atoms. The number of anilines is 2. The van der Waals surface area contributed by atoms with E-state index < -0.39 is 22.0 Å². The summed E-state index contributed by atoms with van der Waals surface area (Å²) in [5, 5.41) is 5.99. The van der Waals surface area contributed by atoms with Crippen molar-refractivity contribution in [2.45, 2.75) is 39.3 Å². The van der Waals surface area contributed by atoms with Gasteiger partial charge in [-0.3, -0.25) is 13.9 Å². The van der Waals surface area contributed by atoms with Crippen LogP contribution < -0.4 is 14.9 Å². The van der Waals surface area contributed by atoms with E-state index in [0.717, 1.165) is 17.0 Å². The lowest BCUT2D eigenvalue weighted by Crippen LogP contribution is -2.45. The third-order valence-electron chi connectivity index (χ3n) is 4.59. The minimum absolute atomic E-state index is 0.0224. The van der Waals surface area contributed by atoms with E-state index in [1.54, 1.807) is 36.4 Å². The number of nitrogens with zero attached hydrogens (tertiary/aromatic N) is 1. The Morgan fingerprint density at radius 2 is 1.67 bits per heavy atom. The fraction of sp³-hybridized carbons (Fsp3) is 0.333. The molecule has 2 aromatic rings. The molecule has 9 heteroatoms. The lowest BCUT2D eigenvalue weighted by atomic mass is 10.1. The van der Waals surface area contributed by atoms with Gasteiger partial charge >= 0.3 is 0 Å². The molecule has 2 unspecified atom stereocenters. The van der Waals surface area contributed by atoms with Crippen LogP contribution in [-0.4, -0.2) is 38.6 Å². The lowest BCUT2D eigenvalue weighted by Gasteiger charge is -2.28. The predicted molar refractivity (Wildman–Crippen MR) is 121 cm³/mol. The van der Waals surface area contributed by atoms with Crippen LogP contribution in [0.1, 0.15) is 37.6 Å². The summed E-state index contributed by atoms with van der Waals surface area (Å²) in [4.78, 5) is 25.5. The van der Waals surface area contributed by atoms with Gasteiger partial charge in [0.2, 0.25) is 15.9 Å². The number of nitrogens with one attached hydrogen (secondary N) is 2. The molecule has 2 aromatic carbocycles. The summed E-state index contributed by atoms with van der Waals surface area (Å²) in [6.45, 7) is 5.32. The van der Waals surface area contributed by atoms with Gasteiger partial charge in [-0.25, -0.2) is 8.42 Å². The summed E-state index contributed by atoms with van der Waals surface area (Å²) < 4.78 is 25.8. The van der Waals surface area contributed by atoms with E-state index in [9.17, 15) is 18.0 Å². The quantitative estimate of drug-likeness (QED) is 0.640. The molecule has 162 valence electrons. The largest absolute Gasteiger partial charge is 0.350 e. The summed E-state index contributed by atoms with van der Waals surface area (Å²) in [6.07, 6.45) is 1.79. The van der Waals surface area contributed by atoms with Crippen molar-refractivity contribution in [3.05, 3.63) is 59.1 Å². The fourth-order valence-electron chi connectivity index (χ4n) is 2.83. The van der Waals surface area contributed by atoms with Crippen molar-refractivity contribution in [1.82, 2.24) is 5.32 Å². The van der Waals surface area contributed by atoms with Crippen molar-refractivity contribution in [1.29, 1.82) is 0 Å². The zero-order chi connectivity index (χ0) is 22.5. The Labute approximate surface area is 182 Å². The van der Waals surface area contributed by atoms with Crippen molar-refractivity contribution in [3.8, 4) is 0 Å². The van der Waals surface area contributed by atoms with Crippen LogP contribution in [0, 0.1) is 0 Å². The number of sulfonamides is 1. The summed E-state index contributed by atoms with van der Waals surface area (Å²) >= 11 is 5.89. The highest BCUT2D eigenvalue weighted by Gasteiger charge is 2.29. The second-order valence-electron chi connectivity index (χ2n) is 7.03. The molecule has 7 nitrogen and oxygen atoms in total. The molecule has 0 aliphatic rings. The molecule has 2 amide bonds. The van der Waals surface area contributed by atoms with Gasteiger partial charge in [0.25, 0.3) is 5.91 Å². The van der Waals surface area contributed by atoms with Gasteiger partial charge in [0.15, 0.2) is 0 Å². The fourth-order valence-corrected chi connectivity index (χ4v) is 4.13. The lowest BCUT2D eigenvalue weighted by molar-refractivity contribution is -0.116. The van der Waals surface area contributed by atoms with Gasteiger partial charge in [0.05, 0.1) is 23.2 Å². The molecule has 0 bridgehead atoms. The van der Waals surface area contributed by atoms with Gasteiger partial charge < -0.3 is 10.6 Å². The van der Waals surface area contributed by atoms with E-state index in [2.05, 4.69) is 10.6 Å². The smallest absolute Gasteiger partial charge is 0.253 e. The molecular weight excluding hydrogens is 426 g/mol. The van der Waals surface area contributed by atoms with Crippen LogP contribution in [0.3, 0.4) is 0 Å². The second-order valence-corrected chi connectivity index (χ2v) is 9.32. The predicted octanol–water partition coefficient (Wildman–Crippen LogP) is 3.66. The summed E-state index contributed by atoms with van der Waals surface area (Å²) in [5.41, 5.74) is 0.919. The molecule has 2 rings (SSSR count). The molecule has 0 heterocycles. The molecule has 0 fully saturated rings. The summed E-state index contributed by atoms with van der Waals surface area (Å²) in [6, 6.07) is 11.7. The Hall–Kier alpha value is -2.58. The van der Waals surface area contributed by atoms with Gasteiger partial charge in [-0.1, -0.05) is 30.7 Å². The van der Waals surface area contributed by atoms with Gasteiger partial charge in [-0.2, -0.15) is 0 Å². The van der Waals surface area contributed by atoms with E-state index in [-0.39, 0.29) is 11.9 Å². The highest BCUT2D eigenvalue weighted by molar-refractivity contribution is 7.92. The Morgan fingerprint density at radius 3 is 2.23 bits per heavy atom. The van der Waals surface area contributed by atoms with Crippen LogP contribution in [0.2, 0.25) is 5.02 Å². The van der Waals surface area contributed by atoms with Crippen LogP contribution in [-0.2, 0) is 14.8 Å². The average molecular weight is 452 g/mol. The SMILES string of the molecule is CCC(C)NC(=O)c1ccccc1NC(=O)C(C)N(c1ccc(Cl)cc1)S(C)(=O)=O. The minimum Gasteiger partial charge on any atom is -0.350 e. The summed E-state index contributed by atoms with van der Waals surface area (Å²) in [7, 11) is -3.76. The molecule has 0 aromatic heterocycles. The van der Waals surface area contributed by atoms with Gasteiger partial charge in [0, 0.05) is 11.1 Å². The molecule has 0 radical (unpaired) electrons. The molecular formula is C21H26ClN3O4S. The van der Waals surface area contributed by atoms with Crippen LogP contribution >= 0.6 is 11.6 Å². The Balaban J connectivity index is 2.30. The Bertz CT molecular complexity index is 1010. The first-order valence-corrected chi connectivity index (χ1v) is 11.7. The molecule has 0 aliphatic heterocycles. The van der Waals surface area contributed by atoms with Crippen molar-refractivity contribution >= 4 is 44.8 Å². The average Bonchev–Trinajstić information content (AvgIpc) is 2.68. The van der Waals surface area contributed by atoms with Crippen LogP contribution in [0.4, 0.5) is 11.4 Å². The molecule has 0 saturated carbocycles. The number of halogens is 1. The monoisotopic (exact) mass is 451 g/mol. The maximum atomic E-state index is 12.9. The van der Waals surface area contributed by atoms with Crippen molar-refractivity contribution in [2.75, 3.05) is 15.9 Å². The number of carbonyl (C=O) groups is 2. The Morgan fingerprint density at radius 1 is 1.07 bits per heavy atom. The molecule has 2 atom stereocenters. The first-order valence-electron chi connectivity index (χ1n) is 9.50. The third kappa shape index (κ3) is 5.96. The van der Waals surface area contributed by atoms with Gasteiger partial charge in [-0.05, 0) is 56.7 Å². The minimum atomic E-state index is -3.76. The number of benzene rings is 2. The second kappa shape index (κ2) is 9.95. The maximum Gasteiger partial charge on any atom is 0.253 e. The number of rotatable bonds is 8. The van der Waals surface area contributed by atoms with Gasteiger partial charge in [-0.15, -0.1) is 0 Å². The number of hydrogen-bond donors (Lipinski definition) is 2. The Kier molecular flexibility index (Phi) is 7.86. The molecule has 0 spiro atoms. The molecule has 0 aliphatic carbocycles. The molecule has 2 N–H and O–H groups in total. The van der Waals surface area contributed by atoms with Crippen molar-refractivity contribution < 1.29 is 18.0 Å². The highest BCUT2D eigenvalue weighted by Crippen LogP contribution is 2.24. The van der Waals surface area contributed by atoms with E-state index >= 15 is 0 Å². The zero-order valence-electron chi connectivity index (χ0n) is 17.3. The topological polar surface area (TPSA) is 95.6 Å². The van der Waals surface area contributed by atoms with E-state index in [4.69, 9.17) is 11.6 Å². The molecule has 0 saturated heterocycles. The van der Waals surface area contributed by atoms with Crippen LogP contribution in [0.5, 0.6) is 0 Å². The highest BCUT2D eigenvalue weighted by atomic mass is 35.5. The van der Waals surface area contributed by atoms with Crippen LogP contribution in [0.15, 0.2) is 48.5 Å². The van der Waals surface area contributed by atoms with E-state index in [0.29, 0.717) is 22.0 Å². The van der Waals surface area contributed by atoms with Gasteiger partial charge in [0.1, 0.15) is 6.04 Å². The number of para-hydroxylation sites is 1.